The highest BCUT2D eigenvalue weighted by atomic mass is 16.3. The van der Waals surface area contributed by atoms with Gasteiger partial charge in [0.2, 0.25) is 0 Å². The van der Waals surface area contributed by atoms with E-state index in [9.17, 15) is 0 Å². The Bertz CT molecular complexity index is 266. The zero-order valence-corrected chi connectivity index (χ0v) is 7.45. The lowest BCUT2D eigenvalue weighted by Crippen LogP contribution is -2.05. The molecule has 1 aromatic heterocycles. The zero-order chi connectivity index (χ0) is 8.77. The molecule has 2 atom stereocenters. The van der Waals surface area contributed by atoms with Gasteiger partial charge in [0, 0.05) is 5.92 Å². The molecule has 1 aliphatic carbocycles. The summed E-state index contributed by atoms with van der Waals surface area (Å²) in [5.41, 5.74) is 5.94. The maximum absolute atomic E-state index is 5.64. The molecule has 1 aliphatic rings. The lowest BCUT2D eigenvalue weighted by Gasteiger charge is -1.97. The van der Waals surface area contributed by atoms with Crippen LogP contribution in [0.5, 0.6) is 0 Å². The maximum Gasteiger partial charge on any atom is 0.180 e. The minimum absolute atomic E-state index is 0.300. The molecule has 0 amide bonds. The fraction of sp³-hybridized carbons (Fsp3) is 0.667. The summed E-state index contributed by atoms with van der Waals surface area (Å²) in [5, 5.41) is 0. The summed E-state index contributed by atoms with van der Waals surface area (Å²) in [6.07, 6.45) is 3.28. The van der Waals surface area contributed by atoms with Crippen molar-refractivity contribution in [1.82, 2.24) is 4.98 Å². The van der Waals surface area contributed by atoms with Gasteiger partial charge in [-0.2, -0.15) is 0 Å². The molecule has 1 aromatic rings. The summed E-state index contributed by atoms with van der Waals surface area (Å²) in [7, 11) is 0. The Morgan fingerprint density at radius 3 is 2.83 bits per heavy atom. The number of oxazole rings is 1. The van der Waals surface area contributed by atoms with Crippen LogP contribution >= 0.6 is 0 Å². The van der Waals surface area contributed by atoms with E-state index in [0.29, 0.717) is 17.3 Å². The van der Waals surface area contributed by atoms with Crippen LogP contribution in [0.4, 0.5) is 0 Å². The van der Waals surface area contributed by atoms with Crippen LogP contribution in [0, 0.1) is 11.3 Å². The first-order valence-corrected chi connectivity index (χ1v) is 4.26. The van der Waals surface area contributed by atoms with E-state index in [0.717, 1.165) is 12.3 Å². The first kappa shape index (κ1) is 7.80. The number of aromatic nitrogens is 1. The minimum atomic E-state index is 0.300. The molecule has 0 bridgehead atoms. The van der Waals surface area contributed by atoms with Crippen molar-refractivity contribution < 1.29 is 4.42 Å². The lowest BCUT2D eigenvalue weighted by molar-refractivity contribution is 0.478. The molecule has 12 heavy (non-hydrogen) atoms. The van der Waals surface area contributed by atoms with Crippen LogP contribution in [0.1, 0.15) is 25.5 Å². The molecule has 66 valence electrons. The molecule has 2 rings (SSSR count). The van der Waals surface area contributed by atoms with Gasteiger partial charge in [-0.05, 0) is 17.9 Å². The van der Waals surface area contributed by atoms with E-state index < -0.39 is 0 Å². The summed E-state index contributed by atoms with van der Waals surface area (Å²) in [4.78, 5) is 3.91. The van der Waals surface area contributed by atoms with Crippen molar-refractivity contribution in [3.63, 3.8) is 0 Å². The molecule has 0 saturated heterocycles. The number of hydrogen-bond acceptors (Lipinski definition) is 3. The van der Waals surface area contributed by atoms with Crippen LogP contribution in [0.25, 0.3) is 0 Å². The number of rotatable bonds is 2. The van der Waals surface area contributed by atoms with E-state index in [2.05, 4.69) is 18.8 Å². The Labute approximate surface area is 72.0 Å². The van der Waals surface area contributed by atoms with Crippen molar-refractivity contribution in [2.45, 2.75) is 19.8 Å². The fourth-order valence-electron chi connectivity index (χ4n) is 2.13. The second-order valence-electron chi connectivity index (χ2n) is 4.05. The molecule has 3 nitrogen and oxygen atoms in total. The number of nitrogens with zero attached hydrogens (tertiary/aromatic N) is 1. The lowest BCUT2D eigenvalue weighted by atomic mass is 10.1. The summed E-state index contributed by atoms with van der Waals surface area (Å²) >= 11 is 0. The highest BCUT2D eigenvalue weighted by Crippen LogP contribution is 2.63. The summed E-state index contributed by atoms with van der Waals surface area (Å²) < 4.78 is 5.26. The van der Waals surface area contributed by atoms with E-state index in [4.69, 9.17) is 10.2 Å². The molecule has 0 aromatic carbocycles. The zero-order valence-electron chi connectivity index (χ0n) is 7.45. The van der Waals surface area contributed by atoms with Gasteiger partial charge in [0.1, 0.15) is 5.76 Å². The van der Waals surface area contributed by atoms with Crippen molar-refractivity contribution in [3.8, 4) is 0 Å². The SMILES string of the molecule is CC1(C)[C@H](CN)[C@H]1c1cnco1. The standard InChI is InChI=1S/C9H14N2O/c1-9(2)6(3-10)8(9)7-4-11-5-12-7/h4-6,8H,3,10H2,1-2H3/t6-,8+/m1/s1. The Kier molecular flexibility index (Phi) is 1.51. The topological polar surface area (TPSA) is 52.0 Å². The van der Waals surface area contributed by atoms with Crippen LogP contribution < -0.4 is 5.73 Å². The van der Waals surface area contributed by atoms with Gasteiger partial charge < -0.3 is 10.2 Å². The third-order valence-electron chi connectivity index (χ3n) is 3.06. The average Bonchev–Trinajstić information content (AvgIpc) is 2.50. The first-order chi connectivity index (χ1) is 5.68. The smallest absolute Gasteiger partial charge is 0.180 e. The Balaban J connectivity index is 2.19. The van der Waals surface area contributed by atoms with Crippen LogP contribution in [-0.4, -0.2) is 11.5 Å². The van der Waals surface area contributed by atoms with Crippen LogP contribution in [0.2, 0.25) is 0 Å². The van der Waals surface area contributed by atoms with Crippen molar-refractivity contribution in [3.05, 3.63) is 18.4 Å². The second kappa shape index (κ2) is 2.33. The van der Waals surface area contributed by atoms with E-state index in [1.807, 2.05) is 0 Å². The van der Waals surface area contributed by atoms with Gasteiger partial charge in [-0.1, -0.05) is 13.8 Å². The van der Waals surface area contributed by atoms with E-state index in [1.165, 1.54) is 6.39 Å². The molecular weight excluding hydrogens is 152 g/mol. The summed E-state index contributed by atoms with van der Waals surface area (Å²) in [6, 6.07) is 0. The van der Waals surface area contributed by atoms with Crippen LogP contribution in [0.15, 0.2) is 17.0 Å². The van der Waals surface area contributed by atoms with Crippen molar-refractivity contribution in [2.75, 3.05) is 6.54 Å². The molecule has 1 fully saturated rings. The molecule has 0 spiro atoms. The predicted octanol–water partition coefficient (Wildman–Crippen LogP) is 1.37. The predicted molar refractivity (Wildman–Crippen MR) is 45.6 cm³/mol. The Morgan fingerprint density at radius 2 is 2.42 bits per heavy atom. The molecular formula is C9H14N2O. The fourth-order valence-corrected chi connectivity index (χ4v) is 2.13. The number of hydrogen-bond donors (Lipinski definition) is 1. The summed E-state index contributed by atoms with van der Waals surface area (Å²) in [6.45, 7) is 5.17. The highest BCUT2D eigenvalue weighted by molar-refractivity contribution is 5.22. The molecule has 1 heterocycles. The van der Waals surface area contributed by atoms with Gasteiger partial charge in [-0.15, -0.1) is 0 Å². The third-order valence-corrected chi connectivity index (χ3v) is 3.06. The number of nitrogens with two attached hydrogens (primary N) is 1. The normalized spacial score (nSPS) is 31.9. The first-order valence-electron chi connectivity index (χ1n) is 4.26. The third kappa shape index (κ3) is 0.894. The molecule has 0 aliphatic heterocycles. The van der Waals surface area contributed by atoms with E-state index >= 15 is 0 Å². The maximum atomic E-state index is 5.64. The summed E-state index contributed by atoms with van der Waals surface area (Å²) in [5.74, 6) is 2.02. The van der Waals surface area contributed by atoms with Gasteiger partial charge in [0.15, 0.2) is 6.39 Å². The van der Waals surface area contributed by atoms with Gasteiger partial charge in [0.05, 0.1) is 6.20 Å². The molecule has 1 saturated carbocycles. The average molecular weight is 166 g/mol. The molecule has 0 radical (unpaired) electrons. The van der Waals surface area contributed by atoms with Crippen LogP contribution in [0.3, 0.4) is 0 Å². The molecule has 3 heteroatoms. The van der Waals surface area contributed by atoms with Gasteiger partial charge in [0.25, 0.3) is 0 Å². The second-order valence-corrected chi connectivity index (χ2v) is 4.05. The minimum Gasteiger partial charge on any atom is -0.448 e. The van der Waals surface area contributed by atoms with Gasteiger partial charge >= 0.3 is 0 Å². The van der Waals surface area contributed by atoms with Crippen molar-refractivity contribution in [1.29, 1.82) is 0 Å². The largest absolute Gasteiger partial charge is 0.448 e. The Morgan fingerprint density at radius 1 is 1.67 bits per heavy atom. The quantitative estimate of drug-likeness (QED) is 0.722. The Hall–Kier alpha value is -0.830. The van der Waals surface area contributed by atoms with Crippen molar-refractivity contribution >= 4 is 0 Å². The highest BCUT2D eigenvalue weighted by Gasteiger charge is 2.59. The van der Waals surface area contributed by atoms with Crippen LogP contribution in [-0.2, 0) is 0 Å². The monoisotopic (exact) mass is 166 g/mol. The van der Waals surface area contributed by atoms with Crippen molar-refractivity contribution in [2.24, 2.45) is 17.1 Å². The van der Waals surface area contributed by atoms with E-state index in [-0.39, 0.29) is 0 Å². The molecule has 2 N–H and O–H groups in total. The van der Waals surface area contributed by atoms with Gasteiger partial charge in [-0.25, -0.2) is 4.98 Å². The molecule has 0 unspecified atom stereocenters. The van der Waals surface area contributed by atoms with Gasteiger partial charge in [-0.3, -0.25) is 0 Å². The van der Waals surface area contributed by atoms with E-state index in [1.54, 1.807) is 6.20 Å².